The van der Waals surface area contributed by atoms with E-state index in [9.17, 15) is 0 Å². The molecule has 4 nitrogen and oxygen atoms in total. The molecule has 3 aromatic rings. The SMILES string of the molecule is NCc1cccc(Cn2ccnc2-c2ccncc2)c1. The predicted octanol–water partition coefficient (Wildman–Crippen LogP) is 2.45. The van der Waals surface area contributed by atoms with Gasteiger partial charge in [0.2, 0.25) is 0 Å². The zero-order chi connectivity index (χ0) is 13.8. The van der Waals surface area contributed by atoms with Gasteiger partial charge in [-0.3, -0.25) is 4.98 Å². The van der Waals surface area contributed by atoms with Crippen molar-refractivity contribution in [2.75, 3.05) is 0 Å². The van der Waals surface area contributed by atoms with Crippen molar-refractivity contribution in [3.8, 4) is 11.4 Å². The molecule has 0 unspecified atom stereocenters. The zero-order valence-electron chi connectivity index (χ0n) is 11.1. The first-order valence-electron chi connectivity index (χ1n) is 6.56. The van der Waals surface area contributed by atoms with Crippen molar-refractivity contribution in [3.05, 3.63) is 72.3 Å². The van der Waals surface area contributed by atoms with E-state index in [-0.39, 0.29) is 0 Å². The third kappa shape index (κ3) is 2.60. The Labute approximate surface area is 117 Å². The molecular weight excluding hydrogens is 248 g/mol. The van der Waals surface area contributed by atoms with E-state index in [0.29, 0.717) is 6.54 Å². The molecule has 0 aliphatic heterocycles. The number of aromatic nitrogens is 3. The number of hydrogen-bond acceptors (Lipinski definition) is 3. The fourth-order valence-electron chi connectivity index (χ4n) is 2.25. The maximum Gasteiger partial charge on any atom is 0.140 e. The summed E-state index contributed by atoms with van der Waals surface area (Å²) >= 11 is 0. The maximum absolute atomic E-state index is 5.69. The Hall–Kier alpha value is -2.46. The van der Waals surface area contributed by atoms with Crippen LogP contribution in [0, 0.1) is 0 Å². The van der Waals surface area contributed by atoms with Crippen molar-refractivity contribution >= 4 is 0 Å². The molecular formula is C16H16N4. The van der Waals surface area contributed by atoms with Gasteiger partial charge in [-0.2, -0.15) is 0 Å². The van der Waals surface area contributed by atoms with Crippen molar-refractivity contribution in [3.63, 3.8) is 0 Å². The number of imidazole rings is 1. The minimum Gasteiger partial charge on any atom is -0.327 e. The molecule has 0 saturated heterocycles. The molecule has 100 valence electrons. The summed E-state index contributed by atoms with van der Waals surface area (Å²) < 4.78 is 2.13. The molecule has 0 atom stereocenters. The van der Waals surface area contributed by atoms with Crippen LogP contribution in [0.2, 0.25) is 0 Å². The second-order valence-corrected chi connectivity index (χ2v) is 4.64. The zero-order valence-corrected chi connectivity index (χ0v) is 11.1. The van der Waals surface area contributed by atoms with Crippen LogP contribution in [-0.2, 0) is 13.1 Å². The van der Waals surface area contributed by atoms with E-state index < -0.39 is 0 Å². The lowest BCUT2D eigenvalue weighted by Gasteiger charge is -2.09. The lowest BCUT2D eigenvalue weighted by Crippen LogP contribution is -2.03. The van der Waals surface area contributed by atoms with Crippen LogP contribution in [0.1, 0.15) is 11.1 Å². The van der Waals surface area contributed by atoms with Gasteiger partial charge < -0.3 is 10.3 Å². The van der Waals surface area contributed by atoms with Crippen molar-refractivity contribution in [1.29, 1.82) is 0 Å². The van der Waals surface area contributed by atoms with Gasteiger partial charge in [-0.15, -0.1) is 0 Å². The normalized spacial score (nSPS) is 10.7. The molecule has 20 heavy (non-hydrogen) atoms. The van der Waals surface area contributed by atoms with E-state index in [2.05, 4.69) is 26.7 Å². The summed E-state index contributed by atoms with van der Waals surface area (Å²) in [5.41, 5.74) is 9.13. The molecule has 0 aliphatic carbocycles. The Balaban J connectivity index is 1.90. The van der Waals surface area contributed by atoms with Gasteiger partial charge in [0.25, 0.3) is 0 Å². The highest BCUT2D eigenvalue weighted by Gasteiger charge is 2.06. The topological polar surface area (TPSA) is 56.7 Å². The average Bonchev–Trinajstić information content (AvgIpc) is 2.96. The molecule has 0 radical (unpaired) electrons. The van der Waals surface area contributed by atoms with Gasteiger partial charge in [-0.1, -0.05) is 24.3 Å². The molecule has 0 fully saturated rings. The smallest absolute Gasteiger partial charge is 0.140 e. The van der Waals surface area contributed by atoms with Crippen molar-refractivity contribution in [2.24, 2.45) is 5.73 Å². The molecule has 0 aliphatic rings. The molecule has 1 aromatic carbocycles. The van der Waals surface area contributed by atoms with Crippen molar-refractivity contribution < 1.29 is 0 Å². The van der Waals surface area contributed by atoms with Crippen molar-refractivity contribution in [2.45, 2.75) is 13.1 Å². The number of hydrogen-bond donors (Lipinski definition) is 1. The first kappa shape index (κ1) is 12.6. The number of nitrogens with zero attached hydrogens (tertiary/aromatic N) is 3. The highest BCUT2D eigenvalue weighted by Crippen LogP contribution is 2.17. The van der Waals surface area contributed by atoms with Gasteiger partial charge in [0, 0.05) is 43.4 Å². The molecule has 2 aromatic heterocycles. The lowest BCUT2D eigenvalue weighted by atomic mass is 10.1. The van der Waals surface area contributed by atoms with Crippen LogP contribution in [0.3, 0.4) is 0 Å². The van der Waals surface area contributed by atoms with Crippen LogP contribution in [0.5, 0.6) is 0 Å². The summed E-state index contributed by atoms with van der Waals surface area (Å²) in [6, 6.07) is 12.3. The monoisotopic (exact) mass is 264 g/mol. The van der Waals surface area contributed by atoms with E-state index in [1.54, 1.807) is 12.4 Å². The Morgan fingerprint density at radius 2 is 1.80 bits per heavy atom. The molecule has 3 rings (SSSR count). The summed E-state index contributed by atoms with van der Waals surface area (Å²) in [5, 5.41) is 0. The molecule has 0 saturated carbocycles. The van der Waals surface area contributed by atoms with Crippen LogP contribution < -0.4 is 5.73 Å². The van der Waals surface area contributed by atoms with E-state index in [1.807, 2.05) is 36.7 Å². The molecule has 2 heterocycles. The van der Waals surface area contributed by atoms with Crippen LogP contribution in [-0.4, -0.2) is 14.5 Å². The standard InChI is InChI=1S/C16H16N4/c17-11-13-2-1-3-14(10-13)12-20-9-8-19-16(20)15-4-6-18-7-5-15/h1-10H,11-12,17H2. The summed E-state index contributed by atoms with van der Waals surface area (Å²) in [6.45, 7) is 1.35. The molecule has 0 spiro atoms. The highest BCUT2D eigenvalue weighted by atomic mass is 15.1. The van der Waals surface area contributed by atoms with Gasteiger partial charge in [0.05, 0.1) is 0 Å². The fourth-order valence-corrected chi connectivity index (χ4v) is 2.25. The number of rotatable bonds is 4. The van der Waals surface area contributed by atoms with Gasteiger partial charge >= 0.3 is 0 Å². The predicted molar refractivity (Wildman–Crippen MR) is 78.9 cm³/mol. The Morgan fingerprint density at radius 3 is 2.60 bits per heavy atom. The summed E-state index contributed by atoms with van der Waals surface area (Å²) in [5.74, 6) is 0.950. The minimum absolute atomic E-state index is 0.564. The second kappa shape index (κ2) is 5.67. The Kier molecular flexibility index (Phi) is 3.56. The van der Waals surface area contributed by atoms with Crippen LogP contribution in [0.25, 0.3) is 11.4 Å². The number of pyridine rings is 1. The summed E-state index contributed by atoms with van der Waals surface area (Å²) in [7, 11) is 0. The first-order chi connectivity index (χ1) is 9.86. The van der Waals surface area contributed by atoms with Gasteiger partial charge in [-0.05, 0) is 23.3 Å². The quantitative estimate of drug-likeness (QED) is 0.787. The van der Waals surface area contributed by atoms with E-state index >= 15 is 0 Å². The number of nitrogens with two attached hydrogens (primary N) is 1. The van der Waals surface area contributed by atoms with Crippen LogP contribution in [0.15, 0.2) is 61.2 Å². The minimum atomic E-state index is 0.564. The fraction of sp³-hybridized carbons (Fsp3) is 0.125. The summed E-state index contributed by atoms with van der Waals surface area (Å²) in [6.07, 6.45) is 7.38. The van der Waals surface area contributed by atoms with Crippen molar-refractivity contribution in [1.82, 2.24) is 14.5 Å². The molecule has 0 bridgehead atoms. The van der Waals surface area contributed by atoms with E-state index in [1.165, 1.54) is 5.56 Å². The van der Waals surface area contributed by atoms with Gasteiger partial charge in [0.1, 0.15) is 5.82 Å². The number of benzene rings is 1. The second-order valence-electron chi connectivity index (χ2n) is 4.64. The van der Waals surface area contributed by atoms with Crippen LogP contribution >= 0.6 is 0 Å². The first-order valence-corrected chi connectivity index (χ1v) is 6.56. The summed E-state index contributed by atoms with van der Waals surface area (Å²) in [4.78, 5) is 8.48. The maximum atomic E-state index is 5.69. The third-order valence-electron chi connectivity index (χ3n) is 3.23. The lowest BCUT2D eigenvalue weighted by molar-refractivity contribution is 0.804. The Bertz CT molecular complexity index is 688. The Morgan fingerprint density at radius 1 is 1.00 bits per heavy atom. The average molecular weight is 264 g/mol. The molecule has 0 amide bonds. The third-order valence-corrected chi connectivity index (χ3v) is 3.23. The molecule has 2 N–H and O–H groups in total. The van der Waals surface area contributed by atoms with E-state index in [0.717, 1.165) is 23.5 Å². The molecule has 4 heteroatoms. The highest BCUT2D eigenvalue weighted by molar-refractivity contribution is 5.54. The van der Waals surface area contributed by atoms with Crippen LogP contribution in [0.4, 0.5) is 0 Å². The van der Waals surface area contributed by atoms with Gasteiger partial charge in [-0.25, -0.2) is 4.98 Å². The van der Waals surface area contributed by atoms with Gasteiger partial charge in [0.15, 0.2) is 0 Å². The largest absolute Gasteiger partial charge is 0.327 e. The van der Waals surface area contributed by atoms with E-state index in [4.69, 9.17) is 5.73 Å².